The number of sulfonamides is 1. The van der Waals surface area contributed by atoms with Crippen LogP contribution in [0.5, 0.6) is 5.75 Å². The Balaban J connectivity index is 1.39. The van der Waals surface area contributed by atoms with Crippen LogP contribution in [0.25, 0.3) is 0 Å². The summed E-state index contributed by atoms with van der Waals surface area (Å²) >= 11 is 0. The van der Waals surface area contributed by atoms with Crippen LogP contribution in [0.1, 0.15) is 27.8 Å². The molecule has 0 aliphatic heterocycles. The van der Waals surface area contributed by atoms with Crippen molar-refractivity contribution < 1.29 is 17.9 Å². The third-order valence-corrected chi connectivity index (χ3v) is 7.76. The van der Waals surface area contributed by atoms with Crippen LogP contribution in [-0.2, 0) is 28.0 Å². The summed E-state index contributed by atoms with van der Waals surface area (Å²) in [7, 11) is -3.92. The SMILES string of the molecule is Cc1ccc(S(=O)(=O)N(CC(=O)N/N=C\c2ccc(OCc3ccccc3)cc2)Cc2cccc(C)c2)cc1. The van der Waals surface area contributed by atoms with Gasteiger partial charge in [-0.1, -0.05) is 77.9 Å². The molecule has 200 valence electrons. The van der Waals surface area contributed by atoms with E-state index in [0.717, 1.165) is 32.1 Å². The first-order chi connectivity index (χ1) is 18.8. The number of carbonyl (C=O) groups is 1. The molecule has 4 rings (SSSR count). The fourth-order valence-electron chi connectivity index (χ4n) is 3.86. The van der Waals surface area contributed by atoms with Crippen LogP contribution in [0, 0.1) is 13.8 Å². The molecule has 4 aromatic rings. The number of hydrazone groups is 1. The van der Waals surface area contributed by atoms with Gasteiger partial charge in [-0.05, 0) is 66.9 Å². The topological polar surface area (TPSA) is 88.1 Å². The first-order valence-corrected chi connectivity index (χ1v) is 13.9. The van der Waals surface area contributed by atoms with Gasteiger partial charge in [0, 0.05) is 6.54 Å². The van der Waals surface area contributed by atoms with E-state index < -0.39 is 15.9 Å². The fraction of sp³-hybridized carbons (Fsp3) is 0.161. The molecule has 0 spiro atoms. The van der Waals surface area contributed by atoms with Gasteiger partial charge in [0.05, 0.1) is 17.7 Å². The minimum atomic E-state index is -3.92. The molecule has 39 heavy (non-hydrogen) atoms. The van der Waals surface area contributed by atoms with Gasteiger partial charge in [-0.15, -0.1) is 0 Å². The lowest BCUT2D eigenvalue weighted by atomic mass is 10.1. The predicted molar refractivity (Wildman–Crippen MR) is 153 cm³/mol. The Morgan fingerprint density at radius 2 is 1.54 bits per heavy atom. The highest BCUT2D eigenvalue weighted by Gasteiger charge is 2.27. The molecule has 0 heterocycles. The summed E-state index contributed by atoms with van der Waals surface area (Å²) in [5.41, 5.74) is 7.02. The van der Waals surface area contributed by atoms with Crippen molar-refractivity contribution in [2.75, 3.05) is 6.54 Å². The van der Waals surface area contributed by atoms with Gasteiger partial charge < -0.3 is 4.74 Å². The summed E-state index contributed by atoms with van der Waals surface area (Å²) in [6.07, 6.45) is 1.50. The van der Waals surface area contributed by atoms with E-state index in [1.54, 1.807) is 24.3 Å². The number of carbonyl (C=O) groups excluding carboxylic acids is 1. The predicted octanol–water partition coefficient (Wildman–Crippen LogP) is 5.22. The second kappa shape index (κ2) is 13.0. The first kappa shape index (κ1) is 27.8. The summed E-state index contributed by atoms with van der Waals surface area (Å²) in [6, 6.07) is 31.3. The van der Waals surface area contributed by atoms with Crippen molar-refractivity contribution in [1.29, 1.82) is 0 Å². The van der Waals surface area contributed by atoms with Crippen molar-refractivity contribution in [3.8, 4) is 5.75 Å². The van der Waals surface area contributed by atoms with Crippen molar-refractivity contribution in [1.82, 2.24) is 9.73 Å². The Bertz CT molecular complexity index is 1520. The van der Waals surface area contributed by atoms with Gasteiger partial charge in [-0.3, -0.25) is 4.79 Å². The largest absolute Gasteiger partial charge is 0.489 e. The molecular formula is C31H31N3O4S. The number of ether oxygens (including phenoxy) is 1. The molecule has 0 atom stereocenters. The molecule has 4 aromatic carbocycles. The monoisotopic (exact) mass is 541 g/mol. The van der Waals surface area contributed by atoms with Gasteiger partial charge >= 0.3 is 0 Å². The molecule has 7 nitrogen and oxygen atoms in total. The minimum Gasteiger partial charge on any atom is -0.489 e. The van der Waals surface area contributed by atoms with Gasteiger partial charge in [0.2, 0.25) is 10.0 Å². The molecule has 0 aliphatic carbocycles. The Morgan fingerprint density at radius 1 is 0.846 bits per heavy atom. The maximum absolute atomic E-state index is 13.4. The number of aryl methyl sites for hydroxylation is 2. The number of hydrogen-bond acceptors (Lipinski definition) is 5. The number of hydrogen-bond donors (Lipinski definition) is 1. The molecule has 8 heteroatoms. The lowest BCUT2D eigenvalue weighted by Crippen LogP contribution is -2.39. The fourth-order valence-corrected chi connectivity index (χ4v) is 5.25. The lowest BCUT2D eigenvalue weighted by molar-refractivity contribution is -0.121. The number of rotatable bonds is 11. The van der Waals surface area contributed by atoms with E-state index in [-0.39, 0.29) is 18.0 Å². The second-order valence-corrected chi connectivity index (χ2v) is 11.1. The molecule has 0 saturated carbocycles. The summed E-state index contributed by atoms with van der Waals surface area (Å²) in [4.78, 5) is 12.9. The number of amides is 1. The molecule has 0 aromatic heterocycles. The maximum Gasteiger partial charge on any atom is 0.255 e. The Kier molecular flexibility index (Phi) is 9.25. The molecule has 0 saturated heterocycles. The van der Waals surface area contributed by atoms with Crippen LogP contribution < -0.4 is 10.2 Å². The van der Waals surface area contributed by atoms with Crippen molar-refractivity contribution in [3.05, 3.63) is 131 Å². The van der Waals surface area contributed by atoms with E-state index in [2.05, 4.69) is 10.5 Å². The van der Waals surface area contributed by atoms with E-state index in [1.165, 1.54) is 6.21 Å². The highest BCUT2D eigenvalue weighted by Crippen LogP contribution is 2.19. The van der Waals surface area contributed by atoms with E-state index in [4.69, 9.17) is 4.74 Å². The van der Waals surface area contributed by atoms with Crippen LogP contribution in [0.3, 0.4) is 0 Å². The number of nitrogens with one attached hydrogen (secondary N) is 1. The average Bonchev–Trinajstić information content (AvgIpc) is 2.93. The van der Waals surface area contributed by atoms with E-state index in [9.17, 15) is 13.2 Å². The van der Waals surface area contributed by atoms with Crippen LogP contribution in [0.4, 0.5) is 0 Å². The van der Waals surface area contributed by atoms with E-state index in [0.29, 0.717) is 12.4 Å². The zero-order chi connectivity index (χ0) is 27.7. The summed E-state index contributed by atoms with van der Waals surface area (Å²) in [5, 5.41) is 4.02. The normalized spacial score (nSPS) is 11.6. The second-order valence-electron chi connectivity index (χ2n) is 9.21. The molecule has 1 amide bonds. The van der Waals surface area contributed by atoms with Crippen molar-refractivity contribution in [2.45, 2.75) is 31.9 Å². The maximum atomic E-state index is 13.4. The van der Waals surface area contributed by atoms with Crippen LogP contribution in [0.2, 0.25) is 0 Å². The van der Waals surface area contributed by atoms with E-state index >= 15 is 0 Å². The third kappa shape index (κ3) is 8.10. The molecule has 0 aliphatic rings. The molecule has 1 N–H and O–H groups in total. The first-order valence-electron chi connectivity index (χ1n) is 12.5. The number of benzene rings is 4. The molecule has 0 radical (unpaired) electrons. The zero-order valence-corrected chi connectivity index (χ0v) is 22.8. The quantitative estimate of drug-likeness (QED) is 0.208. The van der Waals surface area contributed by atoms with Crippen LogP contribution in [-0.4, -0.2) is 31.4 Å². The standard InChI is InChI=1S/C31H31N3O4S/c1-24-11-17-30(18-12-24)39(36,37)34(21-28-10-6-7-25(2)19-28)22-31(35)33-32-20-26-13-15-29(16-14-26)38-23-27-8-4-3-5-9-27/h3-20H,21-23H2,1-2H3,(H,33,35)/b32-20-. The zero-order valence-electron chi connectivity index (χ0n) is 21.9. The average molecular weight is 542 g/mol. The highest BCUT2D eigenvalue weighted by atomic mass is 32.2. The lowest BCUT2D eigenvalue weighted by Gasteiger charge is -2.22. The van der Waals surface area contributed by atoms with Crippen molar-refractivity contribution in [2.24, 2.45) is 5.10 Å². The molecular weight excluding hydrogens is 510 g/mol. The minimum absolute atomic E-state index is 0.0550. The summed E-state index contributed by atoms with van der Waals surface area (Å²) in [5.74, 6) is 0.172. The summed E-state index contributed by atoms with van der Waals surface area (Å²) < 4.78 is 33.8. The van der Waals surface area contributed by atoms with Gasteiger partial charge in [0.25, 0.3) is 5.91 Å². The van der Waals surface area contributed by atoms with Crippen LogP contribution >= 0.6 is 0 Å². The molecule has 0 fully saturated rings. The van der Waals surface area contributed by atoms with Crippen molar-refractivity contribution in [3.63, 3.8) is 0 Å². The van der Waals surface area contributed by atoms with Crippen LogP contribution in [0.15, 0.2) is 113 Å². The third-order valence-electron chi connectivity index (χ3n) is 5.95. The Morgan fingerprint density at radius 3 is 2.23 bits per heavy atom. The molecule has 0 unspecified atom stereocenters. The van der Waals surface area contributed by atoms with E-state index in [1.807, 2.05) is 92.7 Å². The highest BCUT2D eigenvalue weighted by molar-refractivity contribution is 7.89. The molecule has 0 bridgehead atoms. The Labute approximate surface area is 229 Å². The smallest absolute Gasteiger partial charge is 0.255 e. The van der Waals surface area contributed by atoms with Gasteiger partial charge in [0.15, 0.2) is 0 Å². The Hall–Kier alpha value is -4.27. The van der Waals surface area contributed by atoms with Gasteiger partial charge in [-0.2, -0.15) is 9.41 Å². The number of nitrogens with zero attached hydrogens (tertiary/aromatic N) is 2. The van der Waals surface area contributed by atoms with Crippen molar-refractivity contribution >= 4 is 22.1 Å². The van der Waals surface area contributed by atoms with Gasteiger partial charge in [0.1, 0.15) is 12.4 Å². The summed E-state index contributed by atoms with van der Waals surface area (Å²) in [6.45, 7) is 3.96. The van der Waals surface area contributed by atoms with Gasteiger partial charge in [-0.25, -0.2) is 13.8 Å².